The lowest BCUT2D eigenvalue weighted by molar-refractivity contribution is -0.127. The van der Waals surface area contributed by atoms with Gasteiger partial charge in [0.25, 0.3) is 11.1 Å². The van der Waals surface area contributed by atoms with Crippen LogP contribution in [0.5, 0.6) is 0 Å². The minimum Gasteiger partial charge on any atom is -0.457 e. The Morgan fingerprint density at radius 1 is 1.15 bits per heavy atom. The van der Waals surface area contributed by atoms with Gasteiger partial charge in [-0.3, -0.25) is 19.3 Å². The van der Waals surface area contributed by atoms with Gasteiger partial charge in [0, 0.05) is 17.7 Å². The van der Waals surface area contributed by atoms with Crippen molar-refractivity contribution in [2.45, 2.75) is 0 Å². The summed E-state index contributed by atoms with van der Waals surface area (Å²) in [6.45, 7) is -0.641. The number of hydrogen-bond donors (Lipinski definition) is 1. The van der Waals surface area contributed by atoms with Gasteiger partial charge in [0.15, 0.2) is 0 Å². The number of rotatable bonds is 5. The molecule has 1 aromatic heterocycles. The quantitative estimate of drug-likeness (QED) is 0.545. The highest BCUT2D eigenvalue weighted by Gasteiger charge is 2.36. The van der Waals surface area contributed by atoms with Gasteiger partial charge < -0.3 is 9.73 Å². The lowest BCUT2D eigenvalue weighted by Crippen LogP contribution is -2.36. The summed E-state index contributed by atoms with van der Waals surface area (Å²) in [4.78, 5) is 37.8. The Morgan fingerprint density at radius 3 is 2.70 bits per heavy atom. The largest absolute Gasteiger partial charge is 0.457 e. The first kappa shape index (κ1) is 22.0. The van der Waals surface area contributed by atoms with Crippen molar-refractivity contribution in [2.24, 2.45) is 0 Å². The number of anilines is 1. The highest BCUT2D eigenvalue weighted by atomic mass is 32.2. The zero-order valence-electron chi connectivity index (χ0n) is 16.7. The lowest BCUT2D eigenvalue weighted by Gasteiger charge is -2.12. The number of carbonyl (C=O) groups excluding carboxylic acids is 3. The molecule has 0 aliphatic carbocycles. The van der Waals surface area contributed by atoms with E-state index in [4.69, 9.17) is 4.42 Å². The summed E-state index contributed by atoms with van der Waals surface area (Å²) < 4.78 is 32.4. The van der Waals surface area contributed by atoms with E-state index in [1.807, 2.05) is 0 Å². The number of hydrogen-bond acceptors (Lipinski definition) is 6. The summed E-state index contributed by atoms with van der Waals surface area (Å²) in [6.07, 6.45) is 1.36. The third kappa shape index (κ3) is 4.68. The fourth-order valence-electron chi connectivity index (χ4n) is 3.06. The first-order chi connectivity index (χ1) is 15.9. The molecule has 0 bridgehead atoms. The summed E-state index contributed by atoms with van der Waals surface area (Å²) in [6, 6.07) is 14.7. The number of benzene rings is 2. The predicted octanol–water partition coefficient (Wildman–Crippen LogP) is 4.77. The van der Waals surface area contributed by atoms with Crippen LogP contribution in [0, 0.1) is 23.0 Å². The van der Waals surface area contributed by atoms with Crippen molar-refractivity contribution < 1.29 is 27.6 Å². The minimum absolute atomic E-state index is 0.0373. The van der Waals surface area contributed by atoms with Gasteiger partial charge in [0.05, 0.1) is 22.2 Å². The summed E-state index contributed by atoms with van der Waals surface area (Å²) >= 11 is 0.625. The smallest absolute Gasteiger partial charge is 0.294 e. The number of furan rings is 1. The van der Waals surface area contributed by atoms with E-state index in [1.54, 1.807) is 36.4 Å². The first-order valence-electron chi connectivity index (χ1n) is 9.45. The van der Waals surface area contributed by atoms with E-state index >= 15 is 0 Å². The molecule has 1 saturated heterocycles. The molecule has 3 aromatic rings. The van der Waals surface area contributed by atoms with Crippen LogP contribution in [0.3, 0.4) is 0 Å². The molecule has 4 rings (SSSR count). The number of halogens is 2. The van der Waals surface area contributed by atoms with E-state index < -0.39 is 35.2 Å². The van der Waals surface area contributed by atoms with E-state index in [9.17, 15) is 28.4 Å². The Balaban J connectivity index is 1.47. The van der Waals surface area contributed by atoms with Crippen molar-refractivity contribution in [1.29, 1.82) is 5.26 Å². The van der Waals surface area contributed by atoms with E-state index in [-0.39, 0.29) is 16.4 Å². The van der Waals surface area contributed by atoms with Gasteiger partial charge in [0.1, 0.15) is 29.7 Å². The van der Waals surface area contributed by atoms with E-state index in [1.165, 1.54) is 6.08 Å². The van der Waals surface area contributed by atoms with Crippen molar-refractivity contribution in [2.75, 3.05) is 11.9 Å². The van der Waals surface area contributed by atoms with Crippen LogP contribution < -0.4 is 5.32 Å². The molecule has 0 saturated carbocycles. The molecule has 0 unspecified atom stereocenters. The molecule has 3 amide bonds. The number of nitriles is 1. The van der Waals surface area contributed by atoms with Gasteiger partial charge in [-0.25, -0.2) is 8.78 Å². The fourth-order valence-corrected chi connectivity index (χ4v) is 3.88. The standard InChI is InChI=1S/C23H13F2N3O4S/c24-14-5-7-18(17(25)9-14)27-21(29)12-28-22(30)20(33-23(28)31)10-15-6-8-19(32-15)16-4-2-1-3-13(16)11-26/h1-10H,12H2,(H,27,29)/b20-10+. The average Bonchev–Trinajstić information content (AvgIpc) is 3.36. The van der Waals surface area contributed by atoms with Crippen LogP contribution >= 0.6 is 11.8 Å². The lowest BCUT2D eigenvalue weighted by atomic mass is 10.1. The van der Waals surface area contributed by atoms with Gasteiger partial charge in [-0.05, 0) is 48.2 Å². The Morgan fingerprint density at radius 2 is 1.94 bits per heavy atom. The van der Waals surface area contributed by atoms with Gasteiger partial charge in [-0.1, -0.05) is 12.1 Å². The SMILES string of the molecule is N#Cc1ccccc1-c1ccc(/C=C2/SC(=O)N(CC(=O)Nc3ccc(F)cc3F)C2=O)o1. The summed E-state index contributed by atoms with van der Waals surface area (Å²) in [5.74, 6) is -2.63. The second-order valence-corrected chi connectivity index (χ2v) is 7.79. The van der Waals surface area contributed by atoms with Crippen molar-refractivity contribution in [1.82, 2.24) is 4.90 Å². The number of amides is 3. The number of nitrogens with one attached hydrogen (secondary N) is 1. The summed E-state index contributed by atoms with van der Waals surface area (Å²) in [5, 5.41) is 10.8. The Kier molecular flexibility index (Phi) is 6.06. The van der Waals surface area contributed by atoms with Gasteiger partial charge in [0.2, 0.25) is 5.91 Å². The highest BCUT2D eigenvalue weighted by Crippen LogP contribution is 2.33. The van der Waals surface area contributed by atoms with E-state index in [0.29, 0.717) is 39.6 Å². The minimum atomic E-state index is -0.982. The normalized spacial score (nSPS) is 14.6. The van der Waals surface area contributed by atoms with E-state index in [0.717, 1.165) is 12.1 Å². The van der Waals surface area contributed by atoms with Gasteiger partial charge >= 0.3 is 0 Å². The van der Waals surface area contributed by atoms with Crippen molar-refractivity contribution in [3.8, 4) is 17.4 Å². The zero-order valence-corrected chi connectivity index (χ0v) is 17.5. The molecule has 0 atom stereocenters. The molecule has 0 spiro atoms. The maximum Gasteiger partial charge on any atom is 0.294 e. The molecule has 1 aliphatic heterocycles. The average molecular weight is 465 g/mol. The maximum atomic E-state index is 13.7. The van der Waals surface area contributed by atoms with Crippen LogP contribution in [0.1, 0.15) is 11.3 Å². The molecule has 10 heteroatoms. The molecule has 1 fully saturated rings. The monoisotopic (exact) mass is 465 g/mol. The number of carbonyl (C=O) groups is 3. The Bertz CT molecular complexity index is 1360. The van der Waals surface area contributed by atoms with Gasteiger partial charge in [-0.15, -0.1) is 0 Å². The number of imide groups is 1. The molecule has 164 valence electrons. The third-order valence-electron chi connectivity index (χ3n) is 4.59. The third-order valence-corrected chi connectivity index (χ3v) is 5.50. The number of nitrogens with zero attached hydrogens (tertiary/aromatic N) is 2. The maximum absolute atomic E-state index is 13.7. The topological polar surface area (TPSA) is 103 Å². The second-order valence-electron chi connectivity index (χ2n) is 6.80. The zero-order chi connectivity index (χ0) is 23.5. The molecule has 33 heavy (non-hydrogen) atoms. The van der Waals surface area contributed by atoms with Gasteiger partial charge in [-0.2, -0.15) is 5.26 Å². The molecule has 1 N–H and O–H groups in total. The van der Waals surface area contributed by atoms with E-state index in [2.05, 4.69) is 11.4 Å². The molecular formula is C23H13F2N3O4S. The summed E-state index contributed by atoms with van der Waals surface area (Å²) in [7, 11) is 0. The second kappa shape index (κ2) is 9.10. The van der Waals surface area contributed by atoms with Crippen LogP contribution in [-0.4, -0.2) is 28.5 Å². The first-order valence-corrected chi connectivity index (χ1v) is 10.3. The Hall–Kier alpha value is -4.23. The summed E-state index contributed by atoms with van der Waals surface area (Å²) in [5.41, 5.74) is 0.726. The van der Waals surface area contributed by atoms with Crippen LogP contribution in [0.25, 0.3) is 17.4 Å². The van der Waals surface area contributed by atoms with Crippen LogP contribution in [0.4, 0.5) is 19.3 Å². The van der Waals surface area contributed by atoms with Crippen molar-refractivity contribution >= 4 is 40.6 Å². The van der Waals surface area contributed by atoms with Crippen LogP contribution in [0.2, 0.25) is 0 Å². The molecule has 2 heterocycles. The molecule has 0 radical (unpaired) electrons. The predicted molar refractivity (Wildman–Crippen MR) is 117 cm³/mol. The Labute approximate surface area is 190 Å². The van der Waals surface area contributed by atoms with Crippen LogP contribution in [-0.2, 0) is 9.59 Å². The molecular weight excluding hydrogens is 452 g/mol. The molecule has 2 aromatic carbocycles. The highest BCUT2D eigenvalue weighted by molar-refractivity contribution is 8.18. The van der Waals surface area contributed by atoms with Crippen LogP contribution in [0.15, 0.2) is 63.9 Å². The molecule has 7 nitrogen and oxygen atoms in total. The fraction of sp³-hybridized carbons (Fsp3) is 0.0435. The van der Waals surface area contributed by atoms with Crippen molar-refractivity contribution in [3.05, 3.63) is 82.5 Å². The number of thioether (sulfide) groups is 1. The molecule has 1 aliphatic rings. The van der Waals surface area contributed by atoms with Crippen molar-refractivity contribution in [3.63, 3.8) is 0 Å².